The van der Waals surface area contributed by atoms with E-state index >= 15 is 0 Å². The minimum absolute atomic E-state index is 0.0844. The molecular formula is C10H10BrN5O. The molecule has 0 radical (unpaired) electrons. The van der Waals surface area contributed by atoms with Crippen LogP contribution in [0.4, 0.5) is 11.9 Å². The number of para-hydroxylation sites is 1. The molecule has 0 amide bonds. The van der Waals surface area contributed by atoms with E-state index in [-0.39, 0.29) is 11.9 Å². The molecule has 2 aromatic rings. The molecular weight excluding hydrogens is 286 g/mol. The quantitative estimate of drug-likeness (QED) is 0.831. The summed E-state index contributed by atoms with van der Waals surface area (Å²) in [5.74, 6) is 1.21. The van der Waals surface area contributed by atoms with Gasteiger partial charge in [0.2, 0.25) is 11.9 Å². The fourth-order valence-electron chi connectivity index (χ4n) is 1.37. The third-order valence-electron chi connectivity index (χ3n) is 2.01. The number of alkyl halides is 1. The Morgan fingerprint density at radius 1 is 1.06 bits per heavy atom. The van der Waals surface area contributed by atoms with Crippen LogP contribution in [0, 0.1) is 0 Å². The van der Waals surface area contributed by atoms with Crippen LogP contribution < -0.4 is 16.2 Å². The SMILES string of the molecule is Nc1nc(N)nc(-c2ccccc2OCBr)n1. The molecule has 0 saturated heterocycles. The molecule has 1 aromatic heterocycles. The zero-order valence-electron chi connectivity index (χ0n) is 8.80. The summed E-state index contributed by atoms with van der Waals surface area (Å²) in [6.45, 7) is 0. The summed E-state index contributed by atoms with van der Waals surface area (Å²) in [6, 6.07) is 7.35. The highest BCUT2D eigenvalue weighted by Crippen LogP contribution is 2.27. The van der Waals surface area contributed by atoms with Gasteiger partial charge >= 0.3 is 0 Å². The van der Waals surface area contributed by atoms with E-state index in [9.17, 15) is 0 Å². The van der Waals surface area contributed by atoms with Crippen molar-refractivity contribution in [1.29, 1.82) is 0 Å². The fourth-order valence-corrected chi connectivity index (χ4v) is 1.61. The summed E-state index contributed by atoms with van der Waals surface area (Å²) < 4.78 is 5.41. The number of hydrogen-bond acceptors (Lipinski definition) is 6. The summed E-state index contributed by atoms with van der Waals surface area (Å²) in [7, 11) is 0. The van der Waals surface area contributed by atoms with Gasteiger partial charge in [-0.3, -0.25) is 0 Å². The highest BCUT2D eigenvalue weighted by atomic mass is 79.9. The summed E-state index contributed by atoms with van der Waals surface area (Å²) in [4.78, 5) is 11.8. The molecule has 17 heavy (non-hydrogen) atoms. The van der Waals surface area contributed by atoms with Crippen LogP contribution >= 0.6 is 15.9 Å². The van der Waals surface area contributed by atoms with Gasteiger partial charge in [-0.1, -0.05) is 12.1 Å². The molecule has 6 nitrogen and oxygen atoms in total. The highest BCUT2D eigenvalue weighted by Gasteiger charge is 2.10. The van der Waals surface area contributed by atoms with Gasteiger partial charge in [0.15, 0.2) is 5.82 Å². The van der Waals surface area contributed by atoms with Crippen LogP contribution in [0.1, 0.15) is 0 Å². The van der Waals surface area contributed by atoms with Crippen molar-refractivity contribution >= 4 is 27.8 Å². The lowest BCUT2D eigenvalue weighted by atomic mass is 10.2. The fraction of sp³-hybridized carbons (Fsp3) is 0.100. The third-order valence-corrected chi connectivity index (χ3v) is 2.24. The molecule has 0 saturated carbocycles. The van der Waals surface area contributed by atoms with Crippen LogP contribution in [0.5, 0.6) is 5.75 Å². The van der Waals surface area contributed by atoms with Crippen molar-refractivity contribution in [2.45, 2.75) is 0 Å². The summed E-state index contributed by atoms with van der Waals surface area (Å²) >= 11 is 3.20. The molecule has 0 spiro atoms. The molecule has 7 heteroatoms. The van der Waals surface area contributed by atoms with Crippen LogP contribution in [0.3, 0.4) is 0 Å². The van der Waals surface area contributed by atoms with E-state index in [1.54, 1.807) is 0 Å². The Hall–Kier alpha value is -1.89. The van der Waals surface area contributed by atoms with Gasteiger partial charge in [-0.25, -0.2) is 0 Å². The van der Waals surface area contributed by atoms with Crippen LogP contribution in [0.2, 0.25) is 0 Å². The topological polar surface area (TPSA) is 99.9 Å². The second-order valence-electron chi connectivity index (χ2n) is 3.13. The van der Waals surface area contributed by atoms with E-state index in [4.69, 9.17) is 16.2 Å². The van der Waals surface area contributed by atoms with Crippen molar-refractivity contribution in [2.24, 2.45) is 0 Å². The summed E-state index contributed by atoms with van der Waals surface area (Å²) in [5.41, 5.74) is 12.1. The van der Waals surface area contributed by atoms with Gasteiger partial charge in [-0.2, -0.15) is 15.0 Å². The summed E-state index contributed by atoms with van der Waals surface area (Å²) in [6.07, 6.45) is 0. The molecule has 0 atom stereocenters. The van der Waals surface area contributed by atoms with Crippen molar-refractivity contribution in [3.05, 3.63) is 24.3 Å². The number of hydrogen-bond donors (Lipinski definition) is 2. The van der Waals surface area contributed by atoms with Gasteiger partial charge in [0.25, 0.3) is 0 Å². The number of nitrogens with zero attached hydrogens (tertiary/aromatic N) is 3. The minimum atomic E-state index is 0.0844. The monoisotopic (exact) mass is 295 g/mol. The highest BCUT2D eigenvalue weighted by molar-refractivity contribution is 9.09. The van der Waals surface area contributed by atoms with E-state index in [0.29, 0.717) is 22.7 Å². The number of nitrogen functional groups attached to an aromatic ring is 2. The smallest absolute Gasteiger partial charge is 0.225 e. The Bertz CT molecular complexity index is 514. The van der Waals surface area contributed by atoms with Gasteiger partial charge < -0.3 is 16.2 Å². The number of benzene rings is 1. The molecule has 4 N–H and O–H groups in total. The van der Waals surface area contributed by atoms with Crippen molar-refractivity contribution in [1.82, 2.24) is 15.0 Å². The first-order chi connectivity index (χ1) is 8.20. The van der Waals surface area contributed by atoms with E-state index < -0.39 is 0 Å². The van der Waals surface area contributed by atoms with Crippen LogP contribution in [-0.4, -0.2) is 20.5 Å². The van der Waals surface area contributed by atoms with Gasteiger partial charge in [0.1, 0.15) is 11.3 Å². The van der Waals surface area contributed by atoms with E-state index in [1.807, 2.05) is 24.3 Å². The van der Waals surface area contributed by atoms with Crippen molar-refractivity contribution in [3.63, 3.8) is 0 Å². The maximum Gasteiger partial charge on any atom is 0.225 e. The van der Waals surface area contributed by atoms with E-state index in [1.165, 1.54) is 0 Å². The van der Waals surface area contributed by atoms with Crippen molar-refractivity contribution in [3.8, 4) is 17.1 Å². The molecule has 0 unspecified atom stereocenters. The van der Waals surface area contributed by atoms with Crippen molar-refractivity contribution < 1.29 is 4.74 Å². The molecule has 0 aliphatic heterocycles. The van der Waals surface area contributed by atoms with Gasteiger partial charge in [-0.15, -0.1) is 0 Å². The molecule has 2 rings (SSSR count). The first-order valence-electron chi connectivity index (χ1n) is 4.76. The standard InChI is InChI=1S/C10H10BrN5O/c11-5-17-7-4-2-1-3-6(7)8-14-9(12)16-10(13)15-8/h1-4H,5H2,(H4,12,13,14,15,16). The molecule has 1 aromatic carbocycles. The predicted octanol–water partition coefficient (Wildman–Crippen LogP) is 1.43. The van der Waals surface area contributed by atoms with Gasteiger partial charge in [-0.05, 0) is 28.1 Å². The number of aromatic nitrogens is 3. The van der Waals surface area contributed by atoms with Crippen LogP contribution in [-0.2, 0) is 0 Å². The number of rotatable bonds is 3. The molecule has 1 heterocycles. The largest absolute Gasteiger partial charge is 0.482 e. The lowest BCUT2D eigenvalue weighted by Crippen LogP contribution is -2.05. The Morgan fingerprint density at radius 3 is 2.35 bits per heavy atom. The van der Waals surface area contributed by atoms with Gasteiger partial charge in [0, 0.05) is 0 Å². The Morgan fingerprint density at radius 2 is 1.71 bits per heavy atom. The normalized spacial score (nSPS) is 10.2. The van der Waals surface area contributed by atoms with Gasteiger partial charge in [0.05, 0.1) is 5.56 Å². The molecule has 0 aliphatic rings. The second kappa shape index (κ2) is 4.96. The number of ether oxygens (including phenoxy) is 1. The third kappa shape index (κ3) is 2.62. The second-order valence-corrected chi connectivity index (χ2v) is 3.58. The Kier molecular flexibility index (Phi) is 3.38. The minimum Gasteiger partial charge on any atom is -0.482 e. The number of nitrogens with two attached hydrogens (primary N) is 2. The zero-order valence-corrected chi connectivity index (χ0v) is 10.4. The lowest BCUT2D eigenvalue weighted by Gasteiger charge is -2.08. The summed E-state index contributed by atoms with van der Waals surface area (Å²) in [5, 5.41) is 0. The average Bonchev–Trinajstić information content (AvgIpc) is 2.29. The maximum atomic E-state index is 5.53. The predicted molar refractivity (Wildman–Crippen MR) is 68.5 cm³/mol. The lowest BCUT2D eigenvalue weighted by molar-refractivity contribution is 0.399. The molecule has 0 aliphatic carbocycles. The van der Waals surface area contributed by atoms with E-state index in [0.717, 1.165) is 0 Å². The number of halogens is 1. The molecule has 88 valence electrons. The van der Waals surface area contributed by atoms with Crippen LogP contribution in [0.25, 0.3) is 11.4 Å². The Labute approximate surface area is 106 Å². The average molecular weight is 296 g/mol. The van der Waals surface area contributed by atoms with E-state index in [2.05, 4.69) is 30.9 Å². The first kappa shape index (κ1) is 11.6. The number of anilines is 2. The molecule has 0 fully saturated rings. The van der Waals surface area contributed by atoms with Crippen molar-refractivity contribution in [2.75, 3.05) is 17.0 Å². The van der Waals surface area contributed by atoms with Crippen LogP contribution in [0.15, 0.2) is 24.3 Å². The Balaban J connectivity index is 2.51. The maximum absolute atomic E-state index is 5.53. The zero-order chi connectivity index (χ0) is 12.3. The first-order valence-corrected chi connectivity index (χ1v) is 5.88. The molecule has 0 bridgehead atoms.